The minimum atomic E-state index is 0.747. The summed E-state index contributed by atoms with van der Waals surface area (Å²) in [6.45, 7) is 2.05. The van der Waals surface area contributed by atoms with Crippen LogP contribution >= 0.6 is 11.6 Å². The van der Waals surface area contributed by atoms with Gasteiger partial charge >= 0.3 is 0 Å². The second-order valence-electron chi connectivity index (χ2n) is 5.26. The Hall–Kier alpha value is -2.32. The van der Waals surface area contributed by atoms with E-state index in [0.717, 1.165) is 43.6 Å². The number of hydrogen-bond donors (Lipinski definition) is 1. The molecule has 0 saturated carbocycles. The first-order valence-corrected chi connectivity index (χ1v) is 7.23. The molecule has 0 aliphatic heterocycles. The van der Waals surface area contributed by atoms with Crippen LogP contribution in [0.4, 0.5) is 0 Å². The first-order chi connectivity index (χ1) is 10.2. The highest BCUT2D eigenvalue weighted by atomic mass is 35.5. The predicted octanol–water partition coefficient (Wildman–Crippen LogP) is 5.34. The first-order valence-electron chi connectivity index (χ1n) is 6.86. The Kier molecular flexibility index (Phi) is 2.72. The number of para-hydroxylation sites is 1. The highest BCUT2D eigenvalue weighted by Gasteiger charge is 2.10. The van der Waals surface area contributed by atoms with E-state index >= 15 is 0 Å². The van der Waals surface area contributed by atoms with Crippen molar-refractivity contribution in [1.82, 2.24) is 9.97 Å². The molecule has 3 heteroatoms. The molecule has 0 radical (unpaired) electrons. The van der Waals surface area contributed by atoms with Crippen molar-refractivity contribution >= 4 is 33.4 Å². The molecule has 0 aliphatic carbocycles. The monoisotopic (exact) mass is 292 g/mol. The van der Waals surface area contributed by atoms with Crippen molar-refractivity contribution in [1.29, 1.82) is 0 Å². The SMILES string of the molecule is Cc1cc(Cl)c2[nH]cc(-c3ccc4ccccc4n3)c2c1. The van der Waals surface area contributed by atoms with E-state index in [1.165, 1.54) is 0 Å². The molecule has 4 rings (SSSR count). The van der Waals surface area contributed by atoms with E-state index in [0.29, 0.717) is 0 Å². The Balaban J connectivity index is 2.00. The molecule has 0 amide bonds. The number of fused-ring (bicyclic) bond motifs is 2. The van der Waals surface area contributed by atoms with Crippen molar-refractivity contribution in [3.8, 4) is 11.3 Å². The fourth-order valence-corrected chi connectivity index (χ4v) is 3.08. The molecular weight excluding hydrogens is 280 g/mol. The Labute approximate surface area is 127 Å². The van der Waals surface area contributed by atoms with Crippen LogP contribution in [0.3, 0.4) is 0 Å². The van der Waals surface area contributed by atoms with Crippen molar-refractivity contribution in [2.75, 3.05) is 0 Å². The molecule has 0 unspecified atom stereocenters. The summed E-state index contributed by atoms with van der Waals surface area (Å²) in [7, 11) is 0. The van der Waals surface area contributed by atoms with Crippen LogP contribution in [0.15, 0.2) is 54.7 Å². The van der Waals surface area contributed by atoms with Crippen molar-refractivity contribution in [3.63, 3.8) is 0 Å². The largest absolute Gasteiger partial charge is 0.359 e. The van der Waals surface area contributed by atoms with E-state index in [-0.39, 0.29) is 0 Å². The van der Waals surface area contributed by atoms with Gasteiger partial charge in [0.1, 0.15) is 0 Å². The maximum Gasteiger partial charge on any atom is 0.0731 e. The van der Waals surface area contributed by atoms with Crippen LogP contribution in [0.2, 0.25) is 5.02 Å². The third kappa shape index (κ3) is 1.99. The van der Waals surface area contributed by atoms with Gasteiger partial charge in [0.15, 0.2) is 0 Å². The maximum atomic E-state index is 6.31. The van der Waals surface area contributed by atoms with Crippen molar-refractivity contribution in [2.24, 2.45) is 0 Å². The standard InChI is InChI=1S/C18H13ClN2/c1-11-8-13-14(10-20-18(13)15(19)9-11)17-7-6-12-4-2-3-5-16(12)21-17/h2-10,20H,1H3. The zero-order valence-corrected chi connectivity index (χ0v) is 12.3. The summed E-state index contributed by atoms with van der Waals surface area (Å²) in [5.74, 6) is 0. The number of nitrogens with zero attached hydrogens (tertiary/aromatic N) is 1. The van der Waals surface area contributed by atoms with Gasteiger partial charge in [0.25, 0.3) is 0 Å². The lowest BCUT2D eigenvalue weighted by atomic mass is 10.1. The zero-order valence-electron chi connectivity index (χ0n) is 11.5. The number of hydrogen-bond acceptors (Lipinski definition) is 1. The van der Waals surface area contributed by atoms with Crippen LogP contribution in [0.25, 0.3) is 33.1 Å². The number of aromatic amines is 1. The van der Waals surface area contributed by atoms with Crippen LogP contribution < -0.4 is 0 Å². The van der Waals surface area contributed by atoms with Crippen LogP contribution in [0.1, 0.15) is 5.56 Å². The van der Waals surface area contributed by atoms with Gasteiger partial charge in [0, 0.05) is 22.5 Å². The Morgan fingerprint density at radius 3 is 2.81 bits per heavy atom. The molecule has 0 bridgehead atoms. The molecule has 2 heterocycles. The number of aromatic nitrogens is 2. The molecule has 2 aromatic carbocycles. The number of rotatable bonds is 1. The molecule has 0 spiro atoms. The molecule has 0 fully saturated rings. The van der Waals surface area contributed by atoms with E-state index in [2.05, 4.69) is 36.2 Å². The van der Waals surface area contributed by atoms with Crippen LogP contribution in [0, 0.1) is 6.92 Å². The Morgan fingerprint density at radius 1 is 1.05 bits per heavy atom. The highest BCUT2D eigenvalue weighted by Crippen LogP contribution is 2.33. The average Bonchev–Trinajstić information content (AvgIpc) is 2.91. The molecule has 0 saturated heterocycles. The van der Waals surface area contributed by atoms with Crippen LogP contribution in [-0.4, -0.2) is 9.97 Å². The molecule has 0 atom stereocenters. The fraction of sp³-hybridized carbons (Fsp3) is 0.0556. The zero-order chi connectivity index (χ0) is 14.4. The number of H-pyrrole nitrogens is 1. The van der Waals surface area contributed by atoms with Gasteiger partial charge in [-0.15, -0.1) is 0 Å². The smallest absolute Gasteiger partial charge is 0.0731 e. The van der Waals surface area contributed by atoms with Crippen molar-refractivity contribution < 1.29 is 0 Å². The van der Waals surface area contributed by atoms with Gasteiger partial charge in [-0.1, -0.05) is 35.9 Å². The molecule has 4 aromatic rings. The minimum absolute atomic E-state index is 0.747. The van der Waals surface area contributed by atoms with Gasteiger partial charge in [-0.2, -0.15) is 0 Å². The topological polar surface area (TPSA) is 28.7 Å². The van der Waals surface area contributed by atoms with Gasteiger partial charge in [-0.3, -0.25) is 0 Å². The van der Waals surface area contributed by atoms with Gasteiger partial charge < -0.3 is 4.98 Å². The summed E-state index contributed by atoms with van der Waals surface area (Å²) in [6, 6.07) is 16.4. The van der Waals surface area contributed by atoms with E-state index in [4.69, 9.17) is 16.6 Å². The van der Waals surface area contributed by atoms with Gasteiger partial charge in [-0.25, -0.2) is 4.98 Å². The van der Waals surface area contributed by atoms with Gasteiger partial charge in [-0.05, 0) is 36.8 Å². The summed E-state index contributed by atoms with van der Waals surface area (Å²) < 4.78 is 0. The second kappa shape index (κ2) is 4.61. The molecule has 2 nitrogen and oxygen atoms in total. The highest BCUT2D eigenvalue weighted by molar-refractivity contribution is 6.35. The average molecular weight is 293 g/mol. The maximum absolute atomic E-state index is 6.31. The first kappa shape index (κ1) is 12.4. The quantitative estimate of drug-likeness (QED) is 0.503. The van der Waals surface area contributed by atoms with Gasteiger partial charge in [0.05, 0.1) is 21.7 Å². The van der Waals surface area contributed by atoms with E-state index < -0.39 is 0 Å². The summed E-state index contributed by atoms with van der Waals surface area (Å²) in [6.07, 6.45) is 1.98. The number of halogens is 1. The Bertz CT molecular complexity index is 969. The lowest BCUT2D eigenvalue weighted by molar-refractivity contribution is 1.40. The third-order valence-electron chi connectivity index (χ3n) is 3.76. The number of pyridine rings is 1. The molecule has 2 aromatic heterocycles. The van der Waals surface area contributed by atoms with Crippen molar-refractivity contribution in [2.45, 2.75) is 6.92 Å². The van der Waals surface area contributed by atoms with E-state index in [1.54, 1.807) is 0 Å². The number of aryl methyl sites for hydroxylation is 1. The molecule has 1 N–H and O–H groups in total. The third-order valence-corrected chi connectivity index (χ3v) is 4.06. The lowest BCUT2D eigenvalue weighted by Gasteiger charge is -2.03. The van der Waals surface area contributed by atoms with Crippen LogP contribution in [0.5, 0.6) is 0 Å². The summed E-state index contributed by atoms with van der Waals surface area (Å²) in [4.78, 5) is 8.02. The normalized spacial score (nSPS) is 11.3. The predicted molar refractivity (Wildman–Crippen MR) is 88.8 cm³/mol. The number of benzene rings is 2. The molecule has 102 valence electrons. The van der Waals surface area contributed by atoms with Crippen molar-refractivity contribution in [3.05, 3.63) is 65.3 Å². The number of nitrogens with one attached hydrogen (secondary N) is 1. The summed E-state index contributed by atoms with van der Waals surface area (Å²) >= 11 is 6.31. The minimum Gasteiger partial charge on any atom is -0.359 e. The molecular formula is C18H13ClN2. The van der Waals surface area contributed by atoms with Gasteiger partial charge in [0.2, 0.25) is 0 Å². The van der Waals surface area contributed by atoms with Crippen LogP contribution in [-0.2, 0) is 0 Å². The fourth-order valence-electron chi connectivity index (χ4n) is 2.75. The summed E-state index contributed by atoms with van der Waals surface area (Å²) in [5, 5.41) is 3.01. The Morgan fingerprint density at radius 2 is 1.90 bits per heavy atom. The van der Waals surface area contributed by atoms with E-state index in [9.17, 15) is 0 Å². The molecule has 0 aliphatic rings. The second-order valence-corrected chi connectivity index (χ2v) is 5.67. The van der Waals surface area contributed by atoms with E-state index in [1.807, 2.05) is 30.5 Å². The summed E-state index contributed by atoms with van der Waals surface area (Å²) in [5.41, 5.74) is 5.16. The lowest BCUT2D eigenvalue weighted by Crippen LogP contribution is -1.84. The molecule has 21 heavy (non-hydrogen) atoms.